The van der Waals surface area contributed by atoms with Crippen molar-refractivity contribution in [1.82, 2.24) is 5.32 Å². The van der Waals surface area contributed by atoms with Crippen LogP contribution in [0.3, 0.4) is 0 Å². The largest absolute Gasteiger partial charge is 0.353 e. The monoisotopic (exact) mass is 224 g/mol. The first-order chi connectivity index (χ1) is 7.24. The van der Waals surface area contributed by atoms with E-state index < -0.39 is 0 Å². The highest BCUT2D eigenvalue weighted by atomic mass is 16.1. The van der Waals surface area contributed by atoms with Crippen molar-refractivity contribution in [2.75, 3.05) is 0 Å². The van der Waals surface area contributed by atoms with Crippen LogP contribution in [0.15, 0.2) is 0 Å². The molecule has 0 rings (SSSR count). The van der Waals surface area contributed by atoms with Crippen LogP contribution in [0.5, 0.6) is 0 Å². The summed E-state index contributed by atoms with van der Waals surface area (Å²) < 4.78 is 0. The highest BCUT2D eigenvalue weighted by molar-refractivity contribution is 5.76. The number of nitrogens with one attached hydrogen (secondary N) is 1. The van der Waals surface area contributed by atoms with Gasteiger partial charge >= 0.3 is 0 Å². The Morgan fingerprint density at radius 1 is 1.50 bits per heavy atom. The first kappa shape index (κ1) is 15.0. The van der Waals surface area contributed by atoms with Crippen molar-refractivity contribution in [2.24, 2.45) is 11.1 Å². The summed E-state index contributed by atoms with van der Waals surface area (Å²) in [6.45, 7) is 8.25. The summed E-state index contributed by atoms with van der Waals surface area (Å²) in [5.74, 6) is 2.50. The minimum absolute atomic E-state index is 0.0144. The van der Waals surface area contributed by atoms with Crippen LogP contribution in [0, 0.1) is 17.8 Å². The number of hydrogen-bond donors (Lipinski definition) is 2. The topological polar surface area (TPSA) is 55.1 Å². The van der Waals surface area contributed by atoms with E-state index in [1.807, 2.05) is 6.92 Å². The third-order valence-corrected chi connectivity index (χ3v) is 2.15. The van der Waals surface area contributed by atoms with E-state index in [1.165, 1.54) is 0 Å². The van der Waals surface area contributed by atoms with Crippen molar-refractivity contribution < 1.29 is 4.79 Å². The molecule has 0 aliphatic heterocycles. The van der Waals surface area contributed by atoms with Gasteiger partial charge in [-0.05, 0) is 18.8 Å². The molecule has 3 heteroatoms. The summed E-state index contributed by atoms with van der Waals surface area (Å²) in [5.41, 5.74) is 6.07. The van der Waals surface area contributed by atoms with Crippen LogP contribution in [-0.2, 0) is 4.79 Å². The smallest absolute Gasteiger partial charge is 0.221 e. The summed E-state index contributed by atoms with van der Waals surface area (Å²) in [7, 11) is 0. The Labute approximate surface area is 99.2 Å². The highest BCUT2D eigenvalue weighted by Crippen LogP contribution is 2.20. The van der Waals surface area contributed by atoms with Crippen LogP contribution in [0.4, 0.5) is 0 Å². The molecular formula is C13H24N2O. The van der Waals surface area contributed by atoms with Gasteiger partial charge in [0, 0.05) is 24.9 Å². The second kappa shape index (κ2) is 6.55. The van der Waals surface area contributed by atoms with E-state index in [2.05, 4.69) is 32.0 Å². The minimum Gasteiger partial charge on any atom is -0.353 e. The van der Waals surface area contributed by atoms with E-state index in [9.17, 15) is 4.79 Å². The molecule has 1 amide bonds. The van der Waals surface area contributed by atoms with E-state index in [1.54, 1.807) is 0 Å². The van der Waals surface area contributed by atoms with Crippen LogP contribution in [0.25, 0.3) is 0 Å². The first-order valence-electron chi connectivity index (χ1n) is 5.73. The molecule has 2 atom stereocenters. The number of carbonyl (C=O) groups excluding carboxylic acids is 1. The average molecular weight is 224 g/mol. The lowest BCUT2D eigenvalue weighted by Gasteiger charge is -2.23. The van der Waals surface area contributed by atoms with E-state index in [0.717, 1.165) is 6.42 Å². The molecule has 0 aliphatic rings. The van der Waals surface area contributed by atoms with E-state index in [0.29, 0.717) is 12.8 Å². The van der Waals surface area contributed by atoms with Crippen LogP contribution in [0.2, 0.25) is 0 Å². The maximum absolute atomic E-state index is 11.6. The van der Waals surface area contributed by atoms with E-state index >= 15 is 0 Å². The second-order valence-electron chi connectivity index (χ2n) is 5.61. The second-order valence-corrected chi connectivity index (χ2v) is 5.61. The van der Waals surface area contributed by atoms with Gasteiger partial charge in [-0.2, -0.15) is 0 Å². The molecule has 0 aromatic heterocycles. The zero-order valence-corrected chi connectivity index (χ0v) is 10.8. The zero-order chi connectivity index (χ0) is 12.8. The molecule has 0 heterocycles. The molecule has 0 saturated carbocycles. The zero-order valence-electron chi connectivity index (χ0n) is 10.8. The Bertz CT molecular complexity index is 260. The molecule has 3 N–H and O–H groups in total. The summed E-state index contributed by atoms with van der Waals surface area (Å²) in [6, 6.07) is -0.0580. The Balaban J connectivity index is 3.92. The fraction of sp³-hybridized carbons (Fsp3) is 0.769. The maximum atomic E-state index is 11.6. The van der Waals surface area contributed by atoms with Gasteiger partial charge in [-0.15, -0.1) is 12.3 Å². The van der Waals surface area contributed by atoms with Crippen molar-refractivity contribution >= 4 is 5.91 Å². The van der Waals surface area contributed by atoms with Crippen LogP contribution < -0.4 is 11.1 Å². The summed E-state index contributed by atoms with van der Waals surface area (Å²) in [4.78, 5) is 11.6. The summed E-state index contributed by atoms with van der Waals surface area (Å²) in [5, 5.41) is 2.84. The van der Waals surface area contributed by atoms with Crippen molar-refractivity contribution in [3.8, 4) is 12.3 Å². The van der Waals surface area contributed by atoms with Crippen LogP contribution in [-0.4, -0.2) is 18.0 Å². The first-order valence-corrected chi connectivity index (χ1v) is 5.73. The molecule has 0 aromatic carbocycles. The number of rotatable bonds is 5. The quantitative estimate of drug-likeness (QED) is 0.698. The van der Waals surface area contributed by atoms with Gasteiger partial charge < -0.3 is 11.1 Å². The molecule has 0 spiro atoms. The van der Waals surface area contributed by atoms with Gasteiger partial charge in [0.15, 0.2) is 0 Å². The van der Waals surface area contributed by atoms with Gasteiger partial charge in [0.25, 0.3) is 0 Å². The van der Waals surface area contributed by atoms with E-state index in [-0.39, 0.29) is 23.4 Å². The Kier molecular flexibility index (Phi) is 6.13. The summed E-state index contributed by atoms with van der Waals surface area (Å²) >= 11 is 0. The Hall–Kier alpha value is -1.01. The Morgan fingerprint density at radius 2 is 2.06 bits per heavy atom. The lowest BCUT2D eigenvalue weighted by atomic mass is 9.87. The van der Waals surface area contributed by atoms with Crippen molar-refractivity contribution in [2.45, 2.75) is 59.0 Å². The van der Waals surface area contributed by atoms with Crippen LogP contribution >= 0.6 is 0 Å². The molecule has 0 bridgehead atoms. The highest BCUT2D eigenvalue weighted by Gasteiger charge is 2.18. The predicted octanol–water partition coefficient (Wildman–Crippen LogP) is 1.67. The predicted molar refractivity (Wildman–Crippen MR) is 67.7 cm³/mol. The Morgan fingerprint density at radius 3 is 2.50 bits per heavy atom. The molecule has 0 saturated heterocycles. The van der Waals surface area contributed by atoms with Gasteiger partial charge in [0.2, 0.25) is 5.91 Å². The molecule has 3 nitrogen and oxygen atoms in total. The molecule has 0 fully saturated rings. The lowest BCUT2D eigenvalue weighted by molar-refractivity contribution is -0.122. The van der Waals surface area contributed by atoms with Crippen molar-refractivity contribution in [3.05, 3.63) is 0 Å². The fourth-order valence-electron chi connectivity index (χ4n) is 1.66. The lowest BCUT2D eigenvalue weighted by Crippen LogP contribution is -2.37. The van der Waals surface area contributed by atoms with Gasteiger partial charge in [-0.3, -0.25) is 4.79 Å². The number of terminal acetylenes is 1. The molecule has 0 aromatic rings. The standard InChI is InChI=1S/C13H24N2O/c1-6-7-10(2)15-12(16)8-11(14)9-13(3,4)5/h1,10-11H,7-9,14H2,2-5H3,(H,15,16). The molecule has 0 radical (unpaired) electrons. The number of carbonyl (C=O) groups is 1. The van der Waals surface area contributed by atoms with Gasteiger partial charge in [0.1, 0.15) is 0 Å². The van der Waals surface area contributed by atoms with Crippen LogP contribution in [0.1, 0.15) is 47.0 Å². The molecule has 0 aliphatic carbocycles. The minimum atomic E-state index is -0.0852. The SMILES string of the molecule is C#CCC(C)NC(=O)CC(N)CC(C)(C)C. The third kappa shape index (κ3) is 8.31. The van der Waals surface area contributed by atoms with E-state index in [4.69, 9.17) is 12.2 Å². The number of nitrogens with two attached hydrogens (primary N) is 1. The molecule has 16 heavy (non-hydrogen) atoms. The maximum Gasteiger partial charge on any atom is 0.221 e. The molecular weight excluding hydrogens is 200 g/mol. The number of amides is 1. The van der Waals surface area contributed by atoms with Crippen molar-refractivity contribution in [3.63, 3.8) is 0 Å². The summed E-state index contributed by atoms with van der Waals surface area (Å²) in [6.07, 6.45) is 6.92. The van der Waals surface area contributed by atoms with Gasteiger partial charge in [-0.1, -0.05) is 20.8 Å². The third-order valence-electron chi connectivity index (χ3n) is 2.15. The van der Waals surface area contributed by atoms with Crippen molar-refractivity contribution in [1.29, 1.82) is 0 Å². The number of hydrogen-bond acceptors (Lipinski definition) is 2. The molecule has 92 valence electrons. The average Bonchev–Trinajstić information content (AvgIpc) is 1.98. The van der Waals surface area contributed by atoms with Gasteiger partial charge in [0.05, 0.1) is 0 Å². The normalized spacial score (nSPS) is 15.0. The van der Waals surface area contributed by atoms with Gasteiger partial charge in [-0.25, -0.2) is 0 Å². The molecule has 2 unspecified atom stereocenters. The fourth-order valence-corrected chi connectivity index (χ4v) is 1.66.